The molecule has 0 saturated carbocycles. The fourth-order valence-corrected chi connectivity index (χ4v) is 10.1. The highest BCUT2D eigenvalue weighted by Gasteiger charge is 2.50. The van der Waals surface area contributed by atoms with Gasteiger partial charge in [-0.1, -0.05) is 151 Å². The molecule has 8 aromatic carbocycles. The molecule has 0 amide bonds. The van der Waals surface area contributed by atoms with Gasteiger partial charge >= 0.3 is 0 Å². The van der Waals surface area contributed by atoms with Crippen LogP contribution in [0.3, 0.4) is 0 Å². The zero-order valence-corrected chi connectivity index (χ0v) is 25.7. The predicted octanol–water partition coefficient (Wildman–Crippen LogP) is 12.1. The predicted molar refractivity (Wildman–Crippen MR) is 193 cm³/mol. The Morgan fingerprint density at radius 2 is 0.891 bits per heavy atom. The van der Waals surface area contributed by atoms with Crippen molar-refractivity contribution in [1.82, 2.24) is 0 Å². The van der Waals surface area contributed by atoms with Crippen molar-refractivity contribution < 1.29 is 0 Å². The molecule has 2 aliphatic carbocycles. The molecule has 0 radical (unpaired) electrons. The Bertz CT molecular complexity index is 2610. The summed E-state index contributed by atoms with van der Waals surface area (Å²) in [5.41, 5.74) is 15.7. The van der Waals surface area contributed by atoms with Crippen molar-refractivity contribution >= 4 is 33.3 Å². The van der Waals surface area contributed by atoms with Gasteiger partial charge in [0.2, 0.25) is 0 Å². The molecule has 3 aliphatic rings. The Kier molecular flexibility index (Phi) is 4.80. The minimum absolute atomic E-state index is 0.384. The molecular weight excluding hydrogens is 573 g/mol. The molecule has 1 aliphatic heterocycles. The van der Waals surface area contributed by atoms with Gasteiger partial charge in [-0.15, -0.1) is 0 Å². The first-order chi connectivity index (χ1) is 22.8. The van der Waals surface area contributed by atoms with E-state index in [1.807, 2.05) is 11.8 Å². The summed E-state index contributed by atoms with van der Waals surface area (Å²) < 4.78 is 0. The molecule has 1 unspecified atom stereocenters. The molecule has 8 aromatic rings. The molecule has 1 atom stereocenters. The first-order valence-corrected chi connectivity index (χ1v) is 16.8. The van der Waals surface area contributed by atoms with E-state index in [1.165, 1.54) is 98.1 Å². The summed E-state index contributed by atoms with van der Waals surface area (Å²) in [5.74, 6) is 0. The standard InChI is InChI=1S/C45H26S/c1-3-19-36-31(14-1)33-17-5-10-27-12-7-21-39(42(27)33)45(36)37-20-4-2-15-32(37)35-26-29(24-25-38(35)45)30-16-9-23-41-44(30)34-18-6-11-28-13-8-22-40(46-41)43(28)34/h1-26H. The van der Waals surface area contributed by atoms with E-state index < -0.39 is 0 Å². The maximum absolute atomic E-state index is 2.48. The first kappa shape index (κ1) is 24.9. The lowest BCUT2D eigenvalue weighted by Crippen LogP contribution is -2.31. The summed E-state index contributed by atoms with van der Waals surface area (Å²) in [6.07, 6.45) is 0. The molecule has 0 aromatic heterocycles. The van der Waals surface area contributed by atoms with Crippen LogP contribution >= 0.6 is 11.8 Å². The maximum atomic E-state index is 2.48. The Morgan fingerprint density at radius 3 is 1.70 bits per heavy atom. The second-order valence-corrected chi connectivity index (χ2v) is 13.8. The highest BCUT2D eigenvalue weighted by atomic mass is 32.2. The van der Waals surface area contributed by atoms with E-state index in [0.29, 0.717) is 0 Å². The smallest absolute Gasteiger partial charge is 0.0725 e. The van der Waals surface area contributed by atoms with Crippen LogP contribution in [0.2, 0.25) is 0 Å². The van der Waals surface area contributed by atoms with Crippen molar-refractivity contribution in [2.24, 2.45) is 0 Å². The highest BCUT2D eigenvalue weighted by molar-refractivity contribution is 7.99. The molecule has 11 rings (SSSR count). The molecule has 46 heavy (non-hydrogen) atoms. The van der Waals surface area contributed by atoms with Gasteiger partial charge in [0.15, 0.2) is 0 Å². The SMILES string of the molecule is c1ccc2c(c1)-c1cc(-c3cccc4c3-c3cccc5cccc(c35)S4)ccc1C21c2ccccc2-c2cccc3cccc1c23. The second-order valence-electron chi connectivity index (χ2n) is 12.8. The molecule has 0 fully saturated rings. The zero-order valence-electron chi connectivity index (χ0n) is 24.9. The van der Waals surface area contributed by atoms with Crippen LogP contribution in [-0.2, 0) is 5.41 Å². The van der Waals surface area contributed by atoms with E-state index in [2.05, 4.69) is 158 Å². The average Bonchev–Trinajstić information content (AvgIpc) is 3.40. The van der Waals surface area contributed by atoms with Gasteiger partial charge in [0, 0.05) is 20.7 Å². The van der Waals surface area contributed by atoms with E-state index in [9.17, 15) is 0 Å². The quantitative estimate of drug-likeness (QED) is 0.181. The zero-order chi connectivity index (χ0) is 30.0. The molecule has 212 valence electrons. The van der Waals surface area contributed by atoms with Gasteiger partial charge in [-0.25, -0.2) is 0 Å². The number of hydrogen-bond acceptors (Lipinski definition) is 1. The molecule has 1 spiro atoms. The minimum atomic E-state index is -0.384. The van der Waals surface area contributed by atoms with E-state index in [-0.39, 0.29) is 5.41 Å². The Balaban J connectivity index is 1.22. The van der Waals surface area contributed by atoms with Crippen molar-refractivity contribution in [2.45, 2.75) is 15.2 Å². The molecule has 1 heteroatoms. The van der Waals surface area contributed by atoms with Crippen molar-refractivity contribution in [2.75, 3.05) is 0 Å². The Labute approximate surface area is 272 Å². The summed E-state index contributed by atoms with van der Waals surface area (Å²) >= 11 is 1.90. The van der Waals surface area contributed by atoms with Crippen LogP contribution in [0.5, 0.6) is 0 Å². The third-order valence-corrected chi connectivity index (χ3v) is 11.8. The van der Waals surface area contributed by atoms with Crippen LogP contribution in [0.25, 0.3) is 66.1 Å². The Hall–Kier alpha value is -5.37. The van der Waals surface area contributed by atoms with Gasteiger partial charge < -0.3 is 0 Å². The summed E-state index contributed by atoms with van der Waals surface area (Å²) in [5, 5.41) is 5.34. The monoisotopic (exact) mass is 598 g/mol. The summed E-state index contributed by atoms with van der Waals surface area (Å²) in [6, 6.07) is 59.5. The molecule has 0 saturated heterocycles. The van der Waals surface area contributed by atoms with Crippen LogP contribution in [0.1, 0.15) is 22.3 Å². The van der Waals surface area contributed by atoms with E-state index >= 15 is 0 Å². The van der Waals surface area contributed by atoms with Crippen molar-refractivity contribution in [3.05, 3.63) is 180 Å². The Morgan fingerprint density at radius 1 is 0.348 bits per heavy atom. The van der Waals surface area contributed by atoms with Gasteiger partial charge in [-0.2, -0.15) is 0 Å². The van der Waals surface area contributed by atoms with Crippen LogP contribution in [0.15, 0.2) is 168 Å². The van der Waals surface area contributed by atoms with Crippen molar-refractivity contribution in [3.8, 4) is 44.5 Å². The van der Waals surface area contributed by atoms with E-state index in [1.54, 1.807) is 0 Å². The topological polar surface area (TPSA) is 0 Å². The third kappa shape index (κ3) is 2.97. The largest absolute Gasteiger partial charge is 0.0888 e. The minimum Gasteiger partial charge on any atom is -0.0888 e. The van der Waals surface area contributed by atoms with Crippen molar-refractivity contribution in [3.63, 3.8) is 0 Å². The molecule has 0 bridgehead atoms. The summed E-state index contributed by atoms with van der Waals surface area (Å²) in [7, 11) is 0. The van der Waals surface area contributed by atoms with Gasteiger partial charge in [-0.3, -0.25) is 0 Å². The number of hydrogen-bond donors (Lipinski definition) is 0. The molecule has 1 heterocycles. The van der Waals surface area contributed by atoms with Gasteiger partial charge in [0.1, 0.15) is 0 Å². The fourth-order valence-electron chi connectivity index (χ4n) is 8.95. The van der Waals surface area contributed by atoms with Crippen LogP contribution in [0, 0.1) is 0 Å². The second kappa shape index (κ2) is 8.88. The van der Waals surface area contributed by atoms with Crippen LogP contribution in [0.4, 0.5) is 0 Å². The van der Waals surface area contributed by atoms with Gasteiger partial charge in [0.25, 0.3) is 0 Å². The van der Waals surface area contributed by atoms with Crippen LogP contribution < -0.4 is 0 Å². The van der Waals surface area contributed by atoms with Crippen molar-refractivity contribution in [1.29, 1.82) is 0 Å². The first-order valence-electron chi connectivity index (χ1n) is 16.0. The number of fused-ring (bicyclic) bond motifs is 11. The van der Waals surface area contributed by atoms with Crippen LogP contribution in [-0.4, -0.2) is 0 Å². The third-order valence-electron chi connectivity index (χ3n) is 10.7. The maximum Gasteiger partial charge on any atom is 0.0725 e. The fraction of sp³-hybridized carbons (Fsp3) is 0.0222. The van der Waals surface area contributed by atoms with E-state index in [0.717, 1.165) is 0 Å². The lowest BCUT2D eigenvalue weighted by atomic mass is 9.61. The molecular formula is C45H26S. The van der Waals surface area contributed by atoms with Gasteiger partial charge in [-0.05, 0) is 95.6 Å². The lowest BCUT2D eigenvalue weighted by Gasteiger charge is -2.40. The molecule has 0 nitrogen and oxygen atoms in total. The average molecular weight is 599 g/mol. The lowest BCUT2D eigenvalue weighted by molar-refractivity contribution is 0.773. The van der Waals surface area contributed by atoms with Gasteiger partial charge in [0.05, 0.1) is 5.41 Å². The normalized spacial score (nSPS) is 16.3. The number of rotatable bonds is 1. The summed E-state index contributed by atoms with van der Waals surface area (Å²) in [4.78, 5) is 2.67. The van der Waals surface area contributed by atoms with E-state index in [4.69, 9.17) is 0 Å². The summed E-state index contributed by atoms with van der Waals surface area (Å²) in [6.45, 7) is 0. The number of benzene rings is 8. The molecule has 0 N–H and O–H groups in total. The highest BCUT2D eigenvalue weighted by Crippen LogP contribution is 2.62.